The molecule has 2 aromatic rings. The van der Waals surface area contributed by atoms with Crippen LogP contribution < -0.4 is 5.73 Å². The van der Waals surface area contributed by atoms with Gasteiger partial charge >= 0.3 is 0 Å². The van der Waals surface area contributed by atoms with Crippen LogP contribution in [-0.2, 0) is 17.8 Å². The summed E-state index contributed by atoms with van der Waals surface area (Å²) in [5.41, 5.74) is 9.51. The SMILES string of the molecule is CC(N)C(C)C(=O)N1Cc2cc(Cl)ccc2CC1c1ccccc1. The van der Waals surface area contributed by atoms with E-state index in [0.717, 1.165) is 17.5 Å². The van der Waals surface area contributed by atoms with E-state index in [4.69, 9.17) is 17.3 Å². The Hall–Kier alpha value is -1.84. The molecule has 2 aromatic carbocycles. The molecule has 126 valence electrons. The quantitative estimate of drug-likeness (QED) is 0.918. The fourth-order valence-corrected chi connectivity index (χ4v) is 3.44. The lowest BCUT2D eigenvalue weighted by atomic mass is 9.88. The van der Waals surface area contributed by atoms with E-state index in [1.54, 1.807) is 0 Å². The van der Waals surface area contributed by atoms with Crippen molar-refractivity contribution in [1.82, 2.24) is 4.90 Å². The maximum Gasteiger partial charge on any atom is 0.227 e. The van der Waals surface area contributed by atoms with Gasteiger partial charge in [-0.15, -0.1) is 0 Å². The number of carbonyl (C=O) groups is 1. The number of fused-ring (bicyclic) bond motifs is 1. The van der Waals surface area contributed by atoms with Crippen molar-refractivity contribution in [3.8, 4) is 0 Å². The molecule has 3 nitrogen and oxygen atoms in total. The average molecular weight is 343 g/mol. The largest absolute Gasteiger partial charge is 0.331 e. The molecule has 3 unspecified atom stereocenters. The van der Waals surface area contributed by atoms with E-state index < -0.39 is 0 Å². The van der Waals surface area contributed by atoms with Crippen LogP contribution in [0.15, 0.2) is 48.5 Å². The van der Waals surface area contributed by atoms with Crippen molar-refractivity contribution in [3.63, 3.8) is 0 Å². The molecule has 3 rings (SSSR count). The number of nitrogens with two attached hydrogens (primary N) is 1. The van der Waals surface area contributed by atoms with Crippen LogP contribution in [0.2, 0.25) is 5.02 Å². The summed E-state index contributed by atoms with van der Waals surface area (Å²) in [4.78, 5) is 15.0. The second kappa shape index (κ2) is 6.96. The smallest absolute Gasteiger partial charge is 0.227 e. The summed E-state index contributed by atoms with van der Waals surface area (Å²) < 4.78 is 0. The first-order valence-electron chi connectivity index (χ1n) is 8.35. The molecule has 3 atom stereocenters. The Balaban J connectivity index is 2.00. The summed E-state index contributed by atoms with van der Waals surface area (Å²) >= 11 is 6.15. The second-order valence-corrected chi connectivity index (χ2v) is 7.09. The van der Waals surface area contributed by atoms with Gasteiger partial charge in [0, 0.05) is 17.6 Å². The van der Waals surface area contributed by atoms with Gasteiger partial charge in [0.05, 0.1) is 12.0 Å². The van der Waals surface area contributed by atoms with Gasteiger partial charge < -0.3 is 10.6 Å². The third kappa shape index (κ3) is 3.33. The van der Waals surface area contributed by atoms with E-state index in [0.29, 0.717) is 11.6 Å². The number of rotatable bonds is 3. The summed E-state index contributed by atoms with van der Waals surface area (Å²) in [6.07, 6.45) is 0.800. The van der Waals surface area contributed by atoms with Gasteiger partial charge in [-0.25, -0.2) is 0 Å². The Kier molecular flexibility index (Phi) is 4.93. The average Bonchev–Trinajstić information content (AvgIpc) is 2.60. The number of amides is 1. The fourth-order valence-electron chi connectivity index (χ4n) is 3.24. The lowest BCUT2D eigenvalue weighted by Gasteiger charge is -2.39. The Morgan fingerprint density at radius 3 is 2.54 bits per heavy atom. The Morgan fingerprint density at radius 2 is 1.88 bits per heavy atom. The number of hydrogen-bond donors (Lipinski definition) is 1. The molecule has 0 saturated heterocycles. The minimum Gasteiger partial charge on any atom is -0.331 e. The Morgan fingerprint density at radius 1 is 1.17 bits per heavy atom. The topological polar surface area (TPSA) is 46.3 Å². The zero-order chi connectivity index (χ0) is 17.3. The predicted molar refractivity (Wildman–Crippen MR) is 97.7 cm³/mol. The standard InChI is InChI=1S/C20H23ClN2O/c1-13(14(2)22)20(24)23-12-17-10-18(21)9-8-16(17)11-19(23)15-6-4-3-5-7-15/h3-10,13-14,19H,11-12,22H2,1-2H3. The highest BCUT2D eigenvalue weighted by atomic mass is 35.5. The van der Waals surface area contributed by atoms with E-state index in [1.165, 1.54) is 5.56 Å². The summed E-state index contributed by atoms with van der Waals surface area (Å²) in [5.74, 6) is -0.110. The molecule has 0 aromatic heterocycles. The summed E-state index contributed by atoms with van der Waals surface area (Å²) in [7, 11) is 0. The van der Waals surface area contributed by atoms with Gasteiger partial charge in [0.1, 0.15) is 0 Å². The third-order valence-electron chi connectivity index (χ3n) is 4.94. The first-order valence-corrected chi connectivity index (χ1v) is 8.73. The molecule has 2 N–H and O–H groups in total. The second-order valence-electron chi connectivity index (χ2n) is 6.66. The zero-order valence-electron chi connectivity index (χ0n) is 14.1. The molecule has 0 fully saturated rings. The van der Waals surface area contributed by atoms with Crippen LogP contribution in [0, 0.1) is 5.92 Å². The maximum absolute atomic E-state index is 13.0. The molecular weight excluding hydrogens is 320 g/mol. The van der Waals surface area contributed by atoms with Crippen molar-refractivity contribution < 1.29 is 4.79 Å². The van der Waals surface area contributed by atoms with E-state index in [-0.39, 0.29) is 23.9 Å². The normalized spacial score (nSPS) is 19.5. The van der Waals surface area contributed by atoms with E-state index in [9.17, 15) is 4.79 Å². The van der Waals surface area contributed by atoms with Crippen molar-refractivity contribution in [2.24, 2.45) is 11.7 Å². The van der Waals surface area contributed by atoms with Crippen LogP contribution in [0.5, 0.6) is 0 Å². The van der Waals surface area contributed by atoms with Crippen LogP contribution in [0.4, 0.5) is 0 Å². The Labute approximate surface area is 148 Å². The molecule has 1 amide bonds. The van der Waals surface area contributed by atoms with E-state index in [1.807, 2.05) is 49.1 Å². The van der Waals surface area contributed by atoms with Crippen LogP contribution in [0.3, 0.4) is 0 Å². The highest BCUT2D eigenvalue weighted by Gasteiger charge is 2.34. The number of halogens is 1. The molecule has 1 aliphatic heterocycles. The number of hydrogen-bond acceptors (Lipinski definition) is 2. The molecule has 1 heterocycles. The highest BCUT2D eigenvalue weighted by Crippen LogP contribution is 2.35. The number of nitrogens with zero attached hydrogens (tertiary/aromatic N) is 1. The molecule has 24 heavy (non-hydrogen) atoms. The molecular formula is C20H23ClN2O. The van der Waals surface area contributed by atoms with Crippen molar-refractivity contribution >= 4 is 17.5 Å². The predicted octanol–water partition coefficient (Wildman–Crippen LogP) is 3.95. The highest BCUT2D eigenvalue weighted by molar-refractivity contribution is 6.30. The maximum atomic E-state index is 13.0. The van der Waals surface area contributed by atoms with E-state index in [2.05, 4.69) is 18.2 Å². The molecule has 4 heteroatoms. The van der Waals surface area contributed by atoms with Crippen LogP contribution in [0.25, 0.3) is 0 Å². The summed E-state index contributed by atoms with van der Waals surface area (Å²) in [6.45, 7) is 4.36. The molecule has 0 aliphatic carbocycles. The number of carbonyl (C=O) groups excluding carboxylic acids is 1. The van der Waals surface area contributed by atoms with Gasteiger partial charge in [-0.1, -0.05) is 54.9 Å². The van der Waals surface area contributed by atoms with Gasteiger partial charge in [0.15, 0.2) is 0 Å². The monoisotopic (exact) mass is 342 g/mol. The summed E-state index contributed by atoms with van der Waals surface area (Å²) in [6, 6.07) is 16.0. The van der Waals surface area contributed by atoms with Gasteiger partial charge in [0.2, 0.25) is 5.91 Å². The van der Waals surface area contributed by atoms with Crippen molar-refractivity contribution in [2.45, 2.75) is 38.9 Å². The number of benzene rings is 2. The van der Waals surface area contributed by atoms with Crippen molar-refractivity contribution in [3.05, 3.63) is 70.2 Å². The first-order chi connectivity index (χ1) is 11.5. The zero-order valence-corrected chi connectivity index (χ0v) is 14.8. The van der Waals surface area contributed by atoms with E-state index >= 15 is 0 Å². The molecule has 1 aliphatic rings. The van der Waals surface area contributed by atoms with Gasteiger partial charge in [-0.3, -0.25) is 4.79 Å². The fraction of sp³-hybridized carbons (Fsp3) is 0.350. The Bertz CT molecular complexity index is 730. The first kappa shape index (κ1) is 17.0. The van der Waals surface area contributed by atoms with Crippen LogP contribution >= 0.6 is 11.6 Å². The molecule has 0 spiro atoms. The van der Waals surface area contributed by atoms with Gasteiger partial charge in [-0.2, -0.15) is 0 Å². The minimum absolute atomic E-state index is 0.0357. The van der Waals surface area contributed by atoms with Crippen LogP contribution in [0.1, 0.15) is 36.6 Å². The lowest BCUT2D eigenvalue weighted by Crippen LogP contribution is -2.45. The molecule has 0 bridgehead atoms. The minimum atomic E-state index is -0.211. The van der Waals surface area contributed by atoms with Gasteiger partial charge in [-0.05, 0) is 42.2 Å². The lowest BCUT2D eigenvalue weighted by molar-refractivity contribution is -0.139. The van der Waals surface area contributed by atoms with Crippen LogP contribution in [-0.4, -0.2) is 16.8 Å². The van der Waals surface area contributed by atoms with Gasteiger partial charge in [0.25, 0.3) is 0 Å². The molecule has 0 saturated carbocycles. The van der Waals surface area contributed by atoms with Crippen molar-refractivity contribution in [1.29, 1.82) is 0 Å². The molecule has 0 radical (unpaired) electrons. The third-order valence-corrected chi connectivity index (χ3v) is 5.18. The van der Waals surface area contributed by atoms with Crippen molar-refractivity contribution in [2.75, 3.05) is 0 Å². The summed E-state index contributed by atoms with van der Waals surface area (Å²) in [5, 5.41) is 0.708.